The number of rotatable bonds is 10. The zero-order chi connectivity index (χ0) is 13.9. The third-order valence-electron chi connectivity index (χ3n) is 3.29. The van der Waals surface area contributed by atoms with Crippen molar-refractivity contribution in [3.8, 4) is 0 Å². The average molecular weight is 302 g/mol. The molecule has 0 bridgehead atoms. The van der Waals surface area contributed by atoms with Crippen molar-refractivity contribution in [2.45, 2.75) is 51.9 Å². The highest BCUT2D eigenvalue weighted by Gasteiger charge is 2.00. The molecule has 0 aromatic heterocycles. The predicted molar refractivity (Wildman–Crippen MR) is 86.4 cm³/mol. The van der Waals surface area contributed by atoms with Gasteiger partial charge in [0.05, 0.1) is 0 Å². The van der Waals surface area contributed by atoms with Gasteiger partial charge in [-0.2, -0.15) is 0 Å². The minimum Gasteiger partial charge on any atom is -0.316 e. The van der Waals surface area contributed by atoms with Gasteiger partial charge in [-0.1, -0.05) is 68.3 Å². The lowest BCUT2D eigenvalue weighted by molar-refractivity contribution is 0.573. The summed E-state index contributed by atoms with van der Waals surface area (Å²) in [4.78, 5) is 0. The summed E-state index contributed by atoms with van der Waals surface area (Å²) < 4.78 is 0. The van der Waals surface area contributed by atoms with Gasteiger partial charge < -0.3 is 5.32 Å². The van der Waals surface area contributed by atoms with Crippen LogP contribution in [-0.2, 0) is 6.42 Å². The number of nitrogens with one attached hydrogen (secondary N) is 1. The lowest BCUT2D eigenvalue weighted by Gasteiger charge is -2.07. The monoisotopic (exact) mass is 301 g/mol. The molecular formula is C16H25Cl2N. The van der Waals surface area contributed by atoms with Crippen molar-refractivity contribution >= 4 is 23.2 Å². The van der Waals surface area contributed by atoms with E-state index in [0.29, 0.717) is 5.02 Å². The van der Waals surface area contributed by atoms with Crippen LogP contribution in [-0.4, -0.2) is 13.1 Å². The average Bonchev–Trinajstić information content (AvgIpc) is 2.39. The lowest BCUT2D eigenvalue weighted by atomic mass is 10.1. The standard InChI is InChI=1S/C16H25Cl2N/c1-2-3-4-5-6-7-11-19-12-10-14-8-9-15(17)13-16(14)18/h8-9,13,19H,2-7,10-12H2,1H3. The molecule has 1 aromatic rings. The van der Waals surface area contributed by atoms with Gasteiger partial charge in [0.25, 0.3) is 0 Å². The first kappa shape index (κ1) is 16.8. The van der Waals surface area contributed by atoms with Crippen molar-refractivity contribution < 1.29 is 0 Å². The summed E-state index contributed by atoms with van der Waals surface area (Å²) in [7, 11) is 0. The van der Waals surface area contributed by atoms with Gasteiger partial charge in [-0.05, 0) is 43.6 Å². The Hall–Kier alpha value is -0.240. The molecule has 0 aliphatic heterocycles. The highest BCUT2D eigenvalue weighted by Crippen LogP contribution is 2.20. The second-order valence-corrected chi connectivity index (χ2v) is 5.85. The number of unbranched alkanes of at least 4 members (excludes halogenated alkanes) is 5. The fourth-order valence-corrected chi connectivity index (χ4v) is 2.61. The van der Waals surface area contributed by atoms with Crippen LogP contribution in [0.1, 0.15) is 51.0 Å². The van der Waals surface area contributed by atoms with Gasteiger partial charge in [-0.15, -0.1) is 0 Å². The van der Waals surface area contributed by atoms with Crippen molar-refractivity contribution in [1.29, 1.82) is 0 Å². The zero-order valence-corrected chi connectivity index (χ0v) is 13.4. The van der Waals surface area contributed by atoms with Crippen LogP contribution in [0.15, 0.2) is 18.2 Å². The Balaban J connectivity index is 2.01. The Kier molecular flexibility index (Phi) is 9.32. The fraction of sp³-hybridized carbons (Fsp3) is 0.625. The van der Waals surface area contributed by atoms with E-state index in [-0.39, 0.29) is 0 Å². The highest BCUT2D eigenvalue weighted by atomic mass is 35.5. The summed E-state index contributed by atoms with van der Waals surface area (Å²) in [6, 6.07) is 5.72. The molecule has 0 heterocycles. The van der Waals surface area contributed by atoms with Crippen molar-refractivity contribution in [2.75, 3.05) is 13.1 Å². The zero-order valence-electron chi connectivity index (χ0n) is 11.9. The Morgan fingerprint density at radius 3 is 2.42 bits per heavy atom. The van der Waals surface area contributed by atoms with Gasteiger partial charge in [-0.25, -0.2) is 0 Å². The van der Waals surface area contributed by atoms with E-state index in [2.05, 4.69) is 12.2 Å². The first-order valence-corrected chi connectivity index (χ1v) is 8.14. The molecule has 108 valence electrons. The number of hydrogen-bond donors (Lipinski definition) is 1. The third-order valence-corrected chi connectivity index (χ3v) is 3.88. The molecule has 0 saturated carbocycles. The summed E-state index contributed by atoms with van der Waals surface area (Å²) in [6.07, 6.45) is 9.04. The summed E-state index contributed by atoms with van der Waals surface area (Å²) in [5.74, 6) is 0. The topological polar surface area (TPSA) is 12.0 Å². The van der Waals surface area contributed by atoms with E-state index >= 15 is 0 Å². The minimum atomic E-state index is 0.703. The Morgan fingerprint density at radius 2 is 1.68 bits per heavy atom. The molecule has 0 aliphatic rings. The Bertz CT molecular complexity index is 353. The quantitative estimate of drug-likeness (QED) is 0.564. The molecule has 0 atom stereocenters. The maximum atomic E-state index is 6.13. The second-order valence-electron chi connectivity index (χ2n) is 5.00. The summed E-state index contributed by atoms with van der Waals surface area (Å²) >= 11 is 12.0. The molecule has 0 amide bonds. The molecule has 1 N–H and O–H groups in total. The van der Waals surface area contributed by atoms with E-state index in [9.17, 15) is 0 Å². The number of benzene rings is 1. The van der Waals surface area contributed by atoms with E-state index in [1.54, 1.807) is 0 Å². The van der Waals surface area contributed by atoms with Crippen LogP contribution in [0.5, 0.6) is 0 Å². The van der Waals surface area contributed by atoms with E-state index in [1.165, 1.54) is 44.1 Å². The highest BCUT2D eigenvalue weighted by molar-refractivity contribution is 6.35. The first-order valence-electron chi connectivity index (χ1n) is 7.38. The fourth-order valence-electron chi connectivity index (χ4n) is 2.10. The molecule has 1 aromatic carbocycles. The van der Waals surface area contributed by atoms with Gasteiger partial charge in [0.2, 0.25) is 0 Å². The van der Waals surface area contributed by atoms with Crippen LogP contribution in [0.2, 0.25) is 10.0 Å². The molecule has 19 heavy (non-hydrogen) atoms. The number of halogens is 2. The van der Waals surface area contributed by atoms with Gasteiger partial charge in [0.1, 0.15) is 0 Å². The van der Waals surface area contributed by atoms with Crippen LogP contribution < -0.4 is 5.32 Å². The molecular weight excluding hydrogens is 277 g/mol. The normalized spacial score (nSPS) is 10.9. The molecule has 1 rings (SSSR count). The van der Waals surface area contributed by atoms with E-state index in [4.69, 9.17) is 23.2 Å². The largest absolute Gasteiger partial charge is 0.316 e. The van der Waals surface area contributed by atoms with Gasteiger partial charge in [0, 0.05) is 10.0 Å². The third kappa shape index (κ3) is 7.81. The SMILES string of the molecule is CCCCCCCCNCCc1ccc(Cl)cc1Cl. The minimum absolute atomic E-state index is 0.703. The Labute approximate surface area is 127 Å². The molecule has 3 heteroatoms. The van der Waals surface area contributed by atoms with Crippen LogP contribution in [0, 0.1) is 0 Å². The molecule has 1 nitrogen and oxygen atoms in total. The molecule has 0 spiro atoms. The summed E-state index contributed by atoms with van der Waals surface area (Å²) in [5.41, 5.74) is 1.17. The van der Waals surface area contributed by atoms with E-state index in [1.807, 2.05) is 18.2 Å². The Morgan fingerprint density at radius 1 is 0.947 bits per heavy atom. The van der Waals surface area contributed by atoms with Crippen molar-refractivity contribution in [1.82, 2.24) is 5.32 Å². The first-order chi connectivity index (χ1) is 9.24. The van der Waals surface area contributed by atoms with Gasteiger partial charge >= 0.3 is 0 Å². The molecule has 0 fully saturated rings. The summed E-state index contributed by atoms with van der Waals surface area (Å²) in [5, 5.41) is 4.95. The van der Waals surface area contributed by atoms with Gasteiger partial charge in [-0.3, -0.25) is 0 Å². The maximum absolute atomic E-state index is 6.13. The second kappa shape index (κ2) is 10.5. The lowest BCUT2D eigenvalue weighted by Crippen LogP contribution is -2.18. The smallest absolute Gasteiger partial charge is 0.0453 e. The van der Waals surface area contributed by atoms with Crippen molar-refractivity contribution in [2.24, 2.45) is 0 Å². The summed E-state index contributed by atoms with van der Waals surface area (Å²) in [6.45, 7) is 4.34. The predicted octanol–water partition coefficient (Wildman–Crippen LogP) is 5.49. The van der Waals surface area contributed by atoms with E-state index < -0.39 is 0 Å². The molecule has 0 unspecified atom stereocenters. The molecule has 0 aliphatic carbocycles. The van der Waals surface area contributed by atoms with Crippen molar-refractivity contribution in [3.05, 3.63) is 33.8 Å². The van der Waals surface area contributed by atoms with Crippen LogP contribution in [0.4, 0.5) is 0 Å². The van der Waals surface area contributed by atoms with Crippen LogP contribution in [0.25, 0.3) is 0 Å². The molecule has 0 radical (unpaired) electrons. The maximum Gasteiger partial charge on any atom is 0.0453 e. The van der Waals surface area contributed by atoms with E-state index in [0.717, 1.165) is 24.5 Å². The van der Waals surface area contributed by atoms with Crippen LogP contribution in [0.3, 0.4) is 0 Å². The van der Waals surface area contributed by atoms with Crippen molar-refractivity contribution in [3.63, 3.8) is 0 Å². The number of hydrogen-bond acceptors (Lipinski definition) is 1. The van der Waals surface area contributed by atoms with Gasteiger partial charge in [0.15, 0.2) is 0 Å². The van der Waals surface area contributed by atoms with Crippen LogP contribution >= 0.6 is 23.2 Å². The molecule has 0 saturated heterocycles.